The van der Waals surface area contributed by atoms with Crippen LogP contribution in [0.5, 0.6) is 0 Å². The Morgan fingerprint density at radius 2 is 2.09 bits per heavy atom. The topological polar surface area (TPSA) is 83.0 Å². The second-order valence-electron chi connectivity index (χ2n) is 5.92. The highest BCUT2D eigenvalue weighted by Gasteiger charge is 2.16. The number of aromatic nitrogens is 3. The highest BCUT2D eigenvalue weighted by atomic mass is 16.2. The molecular formula is C16H25N5O2. The van der Waals surface area contributed by atoms with Crippen LogP contribution in [0.25, 0.3) is 11.0 Å². The summed E-state index contributed by atoms with van der Waals surface area (Å²) in [6.07, 6.45) is 1.01. The number of H-pyrrole nitrogens is 1. The molecule has 7 heteroatoms. The Bertz CT molecular complexity index is 775. The molecule has 0 aliphatic carbocycles. The van der Waals surface area contributed by atoms with Crippen LogP contribution in [0.4, 0.5) is 0 Å². The molecule has 2 rings (SSSR count). The Morgan fingerprint density at radius 1 is 1.39 bits per heavy atom. The molecule has 2 aromatic rings. The van der Waals surface area contributed by atoms with Gasteiger partial charge in [0.05, 0.1) is 5.39 Å². The zero-order chi connectivity index (χ0) is 17.1. The second kappa shape index (κ2) is 6.95. The summed E-state index contributed by atoms with van der Waals surface area (Å²) in [5.41, 5.74) is 3.30. The molecule has 1 amide bonds. The molecule has 0 spiro atoms. The van der Waals surface area contributed by atoms with Crippen LogP contribution < -0.4 is 10.9 Å². The van der Waals surface area contributed by atoms with Gasteiger partial charge in [-0.1, -0.05) is 0 Å². The summed E-state index contributed by atoms with van der Waals surface area (Å²) in [7, 11) is 5.45. The van der Waals surface area contributed by atoms with Crippen LogP contribution in [0.15, 0.2) is 4.79 Å². The third kappa shape index (κ3) is 3.44. The van der Waals surface area contributed by atoms with Crippen molar-refractivity contribution >= 4 is 16.9 Å². The van der Waals surface area contributed by atoms with E-state index in [1.54, 1.807) is 16.6 Å². The summed E-state index contributed by atoms with van der Waals surface area (Å²) in [6, 6.07) is 0. The molecule has 0 radical (unpaired) electrons. The van der Waals surface area contributed by atoms with E-state index in [1.165, 1.54) is 0 Å². The number of fused-ring (bicyclic) bond motifs is 1. The van der Waals surface area contributed by atoms with Crippen LogP contribution in [0, 0.1) is 13.8 Å². The van der Waals surface area contributed by atoms with Crippen LogP contribution in [-0.4, -0.2) is 52.8 Å². The third-order valence-corrected chi connectivity index (χ3v) is 4.29. The van der Waals surface area contributed by atoms with Crippen LogP contribution in [-0.2, 0) is 18.3 Å². The number of hydrogen-bond donors (Lipinski definition) is 2. The molecule has 126 valence electrons. The number of likely N-dealkylation sites (N-methyl/N-ethyl adjacent to an activating group) is 2. The molecule has 7 nitrogen and oxygen atoms in total. The average molecular weight is 319 g/mol. The fraction of sp³-hybridized carbons (Fsp3) is 0.562. The van der Waals surface area contributed by atoms with Gasteiger partial charge >= 0.3 is 0 Å². The summed E-state index contributed by atoms with van der Waals surface area (Å²) in [5.74, 6) is 0.0983. The minimum absolute atomic E-state index is 0.0983. The second-order valence-corrected chi connectivity index (χ2v) is 5.92. The van der Waals surface area contributed by atoms with Gasteiger partial charge < -0.3 is 10.2 Å². The first kappa shape index (κ1) is 17.2. The van der Waals surface area contributed by atoms with E-state index in [2.05, 4.69) is 15.4 Å². The number of carbonyl (C=O) groups is 1. The summed E-state index contributed by atoms with van der Waals surface area (Å²) in [6.45, 7) is 5.31. The standard InChI is InChI=1S/C16H25N5O2/c1-10-12(6-7-13(22)20(4)9-8-17-3)11(2)18-15-14(10)16(23)19-21(15)5/h17H,6-9H2,1-5H3,(H,19,23). The normalized spacial score (nSPS) is 11.2. The minimum Gasteiger partial charge on any atom is -0.344 e. The van der Waals surface area contributed by atoms with E-state index in [0.717, 1.165) is 23.4 Å². The Labute approximate surface area is 135 Å². The maximum Gasteiger partial charge on any atom is 0.273 e. The number of amides is 1. The highest BCUT2D eigenvalue weighted by Crippen LogP contribution is 2.21. The van der Waals surface area contributed by atoms with E-state index in [1.807, 2.05) is 27.9 Å². The minimum atomic E-state index is -0.133. The van der Waals surface area contributed by atoms with Crippen LogP contribution in [0.3, 0.4) is 0 Å². The Hall–Kier alpha value is -2.15. The largest absolute Gasteiger partial charge is 0.344 e. The molecule has 0 aliphatic heterocycles. The Balaban J connectivity index is 2.22. The number of nitrogens with zero attached hydrogens (tertiary/aromatic N) is 3. The van der Waals surface area contributed by atoms with Crippen molar-refractivity contribution in [1.82, 2.24) is 25.0 Å². The SMILES string of the molecule is CNCCN(C)C(=O)CCc1c(C)nc2c(c1C)c(=O)[nH]n2C. The van der Waals surface area contributed by atoms with Gasteiger partial charge in [0, 0.05) is 39.3 Å². The lowest BCUT2D eigenvalue weighted by atomic mass is 10.00. The third-order valence-electron chi connectivity index (χ3n) is 4.29. The maximum absolute atomic E-state index is 12.2. The fourth-order valence-corrected chi connectivity index (χ4v) is 2.84. The van der Waals surface area contributed by atoms with Gasteiger partial charge in [-0.2, -0.15) is 0 Å². The first-order chi connectivity index (χ1) is 10.9. The van der Waals surface area contributed by atoms with Crippen LogP contribution in [0.1, 0.15) is 23.2 Å². The monoisotopic (exact) mass is 319 g/mol. The van der Waals surface area contributed by atoms with Crippen molar-refractivity contribution in [3.63, 3.8) is 0 Å². The number of pyridine rings is 1. The predicted octanol–water partition coefficient (Wildman–Crippen LogP) is 0.489. The summed E-state index contributed by atoms with van der Waals surface area (Å²) >= 11 is 0. The van der Waals surface area contributed by atoms with Crippen molar-refractivity contribution in [2.45, 2.75) is 26.7 Å². The van der Waals surface area contributed by atoms with Gasteiger partial charge in [-0.3, -0.25) is 19.4 Å². The molecule has 2 heterocycles. The molecule has 0 atom stereocenters. The highest BCUT2D eigenvalue weighted by molar-refractivity contribution is 5.81. The number of rotatable bonds is 6. The van der Waals surface area contributed by atoms with Crippen molar-refractivity contribution in [1.29, 1.82) is 0 Å². The molecule has 2 aromatic heterocycles. The van der Waals surface area contributed by atoms with E-state index >= 15 is 0 Å². The molecule has 0 saturated heterocycles. The van der Waals surface area contributed by atoms with Crippen molar-refractivity contribution in [3.05, 3.63) is 27.2 Å². The Morgan fingerprint density at radius 3 is 2.74 bits per heavy atom. The van der Waals surface area contributed by atoms with E-state index in [4.69, 9.17) is 0 Å². The van der Waals surface area contributed by atoms with Gasteiger partial charge in [0.25, 0.3) is 5.56 Å². The average Bonchev–Trinajstić information content (AvgIpc) is 2.78. The lowest BCUT2D eigenvalue weighted by Crippen LogP contribution is -2.32. The van der Waals surface area contributed by atoms with E-state index in [-0.39, 0.29) is 11.5 Å². The molecular weight excluding hydrogens is 294 g/mol. The zero-order valence-electron chi connectivity index (χ0n) is 14.5. The molecule has 0 unspecified atom stereocenters. The van der Waals surface area contributed by atoms with Gasteiger partial charge in [-0.25, -0.2) is 4.98 Å². The fourth-order valence-electron chi connectivity index (χ4n) is 2.84. The summed E-state index contributed by atoms with van der Waals surface area (Å²) in [4.78, 5) is 30.5. The van der Waals surface area contributed by atoms with E-state index in [9.17, 15) is 9.59 Å². The molecule has 0 bridgehead atoms. The van der Waals surface area contributed by atoms with E-state index in [0.29, 0.717) is 30.4 Å². The lowest BCUT2D eigenvalue weighted by Gasteiger charge is -2.17. The molecule has 0 aromatic carbocycles. The maximum atomic E-state index is 12.2. The van der Waals surface area contributed by atoms with Gasteiger partial charge in [0.2, 0.25) is 5.91 Å². The first-order valence-corrected chi connectivity index (χ1v) is 7.80. The van der Waals surface area contributed by atoms with Crippen molar-refractivity contribution in [2.75, 3.05) is 27.2 Å². The summed E-state index contributed by atoms with van der Waals surface area (Å²) < 4.78 is 1.64. The molecule has 0 fully saturated rings. The molecule has 0 aliphatic rings. The predicted molar refractivity (Wildman–Crippen MR) is 90.7 cm³/mol. The van der Waals surface area contributed by atoms with E-state index < -0.39 is 0 Å². The Kier molecular flexibility index (Phi) is 5.20. The van der Waals surface area contributed by atoms with Crippen molar-refractivity contribution in [3.8, 4) is 0 Å². The first-order valence-electron chi connectivity index (χ1n) is 7.80. The van der Waals surface area contributed by atoms with Gasteiger partial charge in [-0.15, -0.1) is 0 Å². The number of nitrogens with one attached hydrogen (secondary N) is 2. The number of aryl methyl sites for hydroxylation is 3. The number of carbonyl (C=O) groups excluding carboxylic acids is 1. The van der Waals surface area contributed by atoms with Gasteiger partial charge in [0.1, 0.15) is 0 Å². The number of aromatic amines is 1. The quantitative estimate of drug-likeness (QED) is 0.812. The van der Waals surface area contributed by atoms with Crippen molar-refractivity contribution in [2.24, 2.45) is 7.05 Å². The van der Waals surface area contributed by atoms with Crippen LogP contribution in [0.2, 0.25) is 0 Å². The van der Waals surface area contributed by atoms with Crippen molar-refractivity contribution < 1.29 is 4.79 Å². The molecule has 23 heavy (non-hydrogen) atoms. The molecule has 0 saturated carbocycles. The zero-order valence-corrected chi connectivity index (χ0v) is 14.5. The number of hydrogen-bond acceptors (Lipinski definition) is 4. The van der Waals surface area contributed by atoms with Gasteiger partial charge in [-0.05, 0) is 38.4 Å². The van der Waals surface area contributed by atoms with Gasteiger partial charge in [0.15, 0.2) is 5.65 Å². The lowest BCUT2D eigenvalue weighted by molar-refractivity contribution is -0.129. The summed E-state index contributed by atoms with van der Waals surface area (Å²) in [5, 5.41) is 6.38. The smallest absolute Gasteiger partial charge is 0.273 e. The molecule has 2 N–H and O–H groups in total. The van der Waals surface area contributed by atoms with Crippen LogP contribution >= 0.6 is 0 Å².